The Bertz CT molecular complexity index is 254. The zero-order valence-electron chi connectivity index (χ0n) is 7.70. The van der Waals surface area contributed by atoms with Gasteiger partial charge in [0.25, 0.3) is 0 Å². The highest BCUT2D eigenvalue weighted by Crippen LogP contribution is 2.23. The molecular weight excluding hydrogens is 172 g/mol. The summed E-state index contributed by atoms with van der Waals surface area (Å²) < 4.78 is 9.61. The van der Waals surface area contributed by atoms with E-state index in [-0.39, 0.29) is 5.78 Å². The highest BCUT2D eigenvalue weighted by atomic mass is 16.5. The predicted octanol–water partition coefficient (Wildman–Crippen LogP) is 0.669. The summed E-state index contributed by atoms with van der Waals surface area (Å²) in [6.07, 6.45) is 1.68. The summed E-state index contributed by atoms with van der Waals surface area (Å²) in [6.45, 7) is 2.01. The molecule has 4 nitrogen and oxygen atoms in total. The van der Waals surface area contributed by atoms with Gasteiger partial charge >= 0.3 is 5.97 Å². The summed E-state index contributed by atoms with van der Waals surface area (Å²) in [6, 6.07) is 0. The van der Waals surface area contributed by atoms with Gasteiger partial charge in [0.15, 0.2) is 5.78 Å². The second-order valence-corrected chi connectivity index (χ2v) is 2.73. The standard InChI is InChI=1S/C9H12O4/c1-3-13-9(11)7-4-6(12-2)5-8(7)10/h5,7H,3-4H2,1-2H3. The van der Waals surface area contributed by atoms with Crippen molar-refractivity contribution < 1.29 is 19.1 Å². The molecule has 1 unspecified atom stereocenters. The van der Waals surface area contributed by atoms with Crippen LogP contribution in [0.2, 0.25) is 0 Å². The second-order valence-electron chi connectivity index (χ2n) is 2.73. The van der Waals surface area contributed by atoms with Gasteiger partial charge in [-0.05, 0) is 6.92 Å². The van der Waals surface area contributed by atoms with Crippen LogP contribution in [-0.4, -0.2) is 25.5 Å². The number of esters is 1. The summed E-state index contributed by atoms with van der Waals surface area (Å²) in [4.78, 5) is 22.4. The molecule has 0 saturated heterocycles. The minimum Gasteiger partial charge on any atom is -0.501 e. The fourth-order valence-electron chi connectivity index (χ4n) is 1.20. The van der Waals surface area contributed by atoms with Crippen LogP contribution in [0.4, 0.5) is 0 Å². The predicted molar refractivity (Wildman–Crippen MR) is 44.8 cm³/mol. The van der Waals surface area contributed by atoms with Crippen molar-refractivity contribution >= 4 is 11.8 Å². The third-order valence-corrected chi connectivity index (χ3v) is 1.89. The summed E-state index contributed by atoms with van der Waals surface area (Å²) in [5, 5.41) is 0. The highest BCUT2D eigenvalue weighted by molar-refractivity contribution is 6.07. The van der Waals surface area contributed by atoms with Crippen molar-refractivity contribution in [1.29, 1.82) is 0 Å². The fraction of sp³-hybridized carbons (Fsp3) is 0.556. The molecule has 72 valence electrons. The van der Waals surface area contributed by atoms with Crippen molar-refractivity contribution in [3.63, 3.8) is 0 Å². The van der Waals surface area contributed by atoms with Crippen LogP contribution >= 0.6 is 0 Å². The molecule has 0 amide bonds. The lowest BCUT2D eigenvalue weighted by atomic mass is 10.1. The SMILES string of the molecule is CCOC(=O)C1CC(OC)=CC1=O. The lowest BCUT2D eigenvalue weighted by Gasteiger charge is -2.06. The van der Waals surface area contributed by atoms with Gasteiger partial charge in [0.1, 0.15) is 11.7 Å². The molecule has 0 fully saturated rings. The monoisotopic (exact) mass is 184 g/mol. The molecule has 13 heavy (non-hydrogen) atoms. The van der Waals surface area contributed by atoms with E-state index >= 15 is 0 Å². The summed E-state index contributed by atoms with van der Waals surface area (Å²) in [5.41, 5.74) is 0. The maximum Gasteiger partial charge on any atom is 0.317 e. The van der Waals surface area contributed by atoms with Crippen molar-refractivity contribution in [3.8, 4) is 0 Å². The molecule has 0 aromatic rings. The van der Waals surface area contributed by atoms with Crippen molar-refractivity contribution in [1.82, 2.24) is 0 Å². The van der Waals surface area contributed by atoms with Gasteiger partial charge in [-0.3, -0.25) is 9.59 Å². The Morgan fingerprint density at radius 1 is 1.69 bits per heavy atom. The number of hydrogen-bond donors (Lipinski definition) is 0. The quantitative estimate of drug-likeness (QED) is 0.478. The van der Waals surface area contributed by atoms with E-state index in [2.05, 4.69) is 0 Å². The van der Waals surface area contributed by atoms with E-state index in [0.717, 1.165) is 0 Å². The molecule has 0 spiro atoms. The molecule has 0 N–H and O–H groups in total. The van der Waals surface area contributed by atoms with Crippen LogP contribution in [0, 0.1) is 5.92 Å². The molecule has 4 heteroatoms. The molecule has 0 aliphatic heterocycles. The van der Waals surface area contributed by atoms with Crippen molar-refractivity contribution in [2.45, 2.75) is 13.3 Å². The maximum atomic E-state index is 11.2. The van der Waals surface area contributed by atoms with Gasteiger partial charge < -0.3 is 9.47 Å². The van der Waals surface area contributed by atoms with Gasteiger partial charge in [0, 0.05) is 12.5 Å². The van der Waals surface area contributed by atoms with Crippen LogP contribution in [0.1, 0.15) is 13.3 Å². The molecule has 1 aliphatic rings. The molecule has 0 aromatic heterocycles. The number of carbonyl (C=O) groups excluding carboxylic acids is 2. The Balaban J connectivity index is 2.57. The van der Waals surface area contributed by atoms with E-state index in [1.54, 1.807) is 6.92 Å². The van der Waals surface area contributed by atoms with Gasteiger partial charge in [0.2, 0.25) is 0 Å². The molecule has 1 aliphatic carbocycles. The molecule has 1 rings (SSSR count). The minimum absolute atomic E-state index is 0.227. The van der Waals surface area contributed by atoms with Crippen molar-refractivity contribution in [2.75, 3.05) is 13.7 Å². The van der Waals surface area contributed by atoms with E-state index in [1.807, 2.05) is 0 Å². The Morgan fingerprint density at radius 2 is 2.38 bits per heavy atom. The number of ether oxygens (including phenoxy) is 2. The topological polar surface area (TPSA) is 52.6 Å². The van der Waals surface area contributed by atoms with Crippen LogP contribution in [-0.2, 0) is 19.1 Å². The van der Waals surface area contributed by atoms with Gasteiger partial charge in [-0.25, -0.2) is 0 Å². The molecule has 0 radical (unpaired) electrons. The van der Waals surface area contributed by atoms with Crippen LogP contribution in [0.25, 0.3) is 0 Å². The first-order valence-electron chi connectivity index (χ1n) is 4.14. The van der Waals surface area contributed by atoms with Gasteiger partial charge in [-0.1, -0.05) is 0 Å². The normalized spacial score (nSPS) is 21.2. The summed E-state index contributed by atoms with van der Waals surface area (Å²) in [5.74, 6) is -0.830. The van der Waals surface area contributed by atoms with Crippen molar-refractivity contribution in [2.24, 2.45) is 5.92 Å². The number of allylic oxidation sites excluding steroid dienone is 2. The van der Waals surface area contributed by atoms with E-state index in [9.17, 15) is 9.59 Å². The highest BCUT2D eigenvalue weighted by Gasteiger charge is 2.33. The molecule has 0 aromatic carbocycles. The van der Waals surface area contributed by atoms with E-state index in [0.29, 0.717) is 18.8 Å². The maximum absolute atomic E-state index is 11.2. The number of rotatable bonds is 3. The number of carbonyl (C=O) groups is 2. The van der Waals surface area contributed by atoms with E-state index in [1.165, 1.54) is 13.2 Å². The molecular formula is C9H12O4. The number of hydrogen-bond acceptors (Lipinski definition) is 4. The zero-order valence-corrected chi connectivity index (χ0v) is 7.70. The van der Waals surface area contributed by atoms with Crippen LogP contribution in [0.5, 0.6) is 0 Å². The smallest absolute Gasteiger partial charge is 0.317 e. The van der Waals surface area contributed by atoms with Crippen molar-refractivity contribution in [3.05, 3.63) is 11.8 Å². The fourth-order valence-corrected chi connectivity index (χ4v) is 1.20. The van der Waals surface area contributed by atoms with Gasteiger partial charge in [-0.2, -0.15) is 0 Å². The van der Waals surface area contributed by atoms with E-state index in [4.69, 9.17) is 9.47 Å². The number of ketones is 1. The Kier molecular flexibility index (Phi) is 3.06. The largest absolute Gasteiger partial charge is 0.501 e. The Morgan fingerprint density at radius 3 is 2.85 bits per heavy atom. The number of methoxy groups -OCH3 is 1. The Hall–Kier alpha value is -1.32. The second kappa shape index (κ2) is 4.07. The van der Waals surface area contributed by atoms with Gasteiger partial charge in [-0.15, -0.1) is 0 Å². The first kappa shape index (κ1) is 9.77. The third kappa shape index (κ3) is 2.08. The van der Waals surface area contributed by atoms with Crippen LogP contribution < -0.4 is 0 Å². The van der Waals surface area contributed by atoms with Crippen LogP contribution in [0.3, 0.4) is 0 Å². The minimum atomic E-state index is -0.685. The van der Waals surface area contributed by atoms with Gasteiger partial charge in [0.05, 0.1) is 13.7 Å². The first-order valence-corrected chi connectivity index (χ1v) is 4.14. The average molecular weight is 184 g/mol. The lowest BCUT2D eigenvalue weighted by Crippen LogP contribution is -2.21. The van der Waals surface area contributed by atoms with E-state index < -0.39 is 11.9 Å². The summed E-state index contributed by atoms with van der Waals surface area (Å²) >= 11 is 0. The average Bonchev–Trinajstić information content (AvgIpc) is 2.47. The lowest BCUT2D eigenvalue weighted by molar-refractivity contribution is -0.150. The third-order valence-electron chi connectivity index (χ3n) is 1.89. The molecule has 1 atom stereocenters. The molecule has 0 saturated carbocycles. The van der Waals surface area contributed by atoms with Crippen LogP contribution in [0.15, 0.2) is 11.8 Å². The summed E-state index contributed by atoms with van der Waals surface area (Å²) in [7, 11) is 1.48. The zero-order chi connectivity index (χ0) is 9.84. The first-order chi connectivity index (χ1) is 6.19. The molecule has 0 bridgehead atoms. The Labute approximate surface area is 76.5 Å². The molecule has 0 heterocycles.